The number of aromatic nitrogens is 3. The predicted molar refractivity (Wildman–Crippen MR) is 155 cm³/mol. The average molecular weight is 564 g/mol. The number of methoxy groups -OCH3 is 1. The van der Waals surface area contributed by atoms with E-state index < -0.39 is 0 Å². The van der Waals surface area contributed by atoms with Gasteiger partial charge in [-0.2, -0.15) is 0 Å². The van der Waals surface area contributed by atoms with E-state index in [-0.39, 0.29) is 16.6 Å². The topological polar surface area (TPSA) is 111 Å². The number of rotatable bonds is 8. The van der Waals surface area contributed by atoms with Crippen LogP contribution >= 0.6 is 11.6 Å². The first kappa shape index (κ1) is 26.1. The summed E-state index contributed by atoms with van der Waals surface area (Å²) in [6, 6.07) is 9.40. The van der Waals surface area contributed by atoms with E-state index in [0.29, 0.717) is 47.0 Å². The normalized spacial score (nSPS) is 16.6. The van der Waals surface area contributed by atoms with Crippen molar-refractivity contribution in [2.75, 3.05) is 51.1 Å². The molecule has 6 rings (SSSR count). The molecule has 1 saturated heterocycles. The molecule has 4 aromatic rings. The molecule has 1 unspecified atom stereocenters. The van der Waals surface area contributed by atoms with Gasteiger partial charge in [0.1, 0.15) is 23.8 Å². The number of benzene rings is 2. The van der Waals surface area contributed by atoms with Gasteiger partial charge in [0, 0.05) is 48.9 Å². The fourth-order valence-electron chi connectivity index (χ4n) is 5.70. The number of hydrogen-bond acceptors (Lipinski definition) is 9. The molecular formula is C28H30ClN7O4. The van der Waals surface area contributed by atoms with Crippen molar-refractivity contribution in [2.45, 2.75) is 25.4 Å². The zero-order chi connectivity index (χ0) is 28.0. The Bertz CT molecular complexity index is 1610. The van der Waals surface area contributed by atoms with Crippen LogP contribution in [0.4, 0.5) is 23.0 Å². The summed E-state index contributed by atoms with van der Waals surface area (Å²) >= 11 is 6.59. The fourth-order valence-corrected chi connectivity index (χ4v) is 5.89. The lowest BCUT2D eigenvalue weighted by Crippen LogP contribution is -2.36. The first-order valence-electron chi connectivity index (χ1n) is 13.2. The summed E-state index contributed by atoms with van der Waals surface area (Å²) in [7, 11) is 5.50. The number of likely N-dealkylation sites (tertiary alicyclic amines) is 1. The number of para-hydroxylation sites is 1. The zero-order valence-electron chi connectivity index (χ0n) is 22.6. The van der Waals surface area contributed by atoms with Crippen molar-refractivity contribution in [1.82, 2.24) is 19.4 Å². The second-order valence-electron chi connectivity index (χ2n) is 10.2. The molecule has 12 heteroatoms. The lowest BCUT2D eigenvalue weighted by Gasteiger charge is -2.27. The van der Waals surface area contributed by atoms with Crippen molar-refractivity contribution in [3.05, 3.63) is 57.9 Å². The van der Waals surface area contributed by atoms with E-state index in [1.165, 1.54) is 19.4 Å². The van der Waals surface area contributed by atoms with E-state index in [2.05, 4.69) is 26.8 Å². The molecule has 208 valence electrons. The number of nitrogens with one attached hydrogen (secondary N) is 1. The number of ether oxygens (including phenoxy) is 2. The van der Waals surface area contributed by atoms with Gasteiger partial charge in [-0.05, 0) is 32.5 Å². The van der Waals surface area contributed by atoms with Gasteiger partial charge in [-0.15, -0.1) is 0 Å². The third kappa shape index (κ3) is 4.65. The Morgan fingerprint density at radius 1 is 1.32 bits per heavy atom. The number of anilines is 3. The number of nitrogens with zero attached hydrogens (tertiary/aromatic N) is 6. The van der Waals surface area contributed by atoms with E-state index in [4.69, 9.17) is 26.1 Å². The van der Waals surface area contributed by atoms with E-state index >= 15 is 0 Å². The minimum absolute atomic E-state index is 0.0328. The van der Waals surface area contributed by atoms with E-state index in [0.717, 1.165) is 48.1 Å². The maximum atomic E-state index is 12.1. The van der Waals surface area contributed by atoms with Crippen molar-refractivity contribution < 1.29 is 14.4 Å². The van der Waals surface area contributed by atoms with Crippen LogP contribution in [0, 0.1) is 10.1 Å². The molecule has 1 fully saturated rings. The highest BCUT2D eigenvalue weighted by molar-refractivity contribution is 6.33. The fraction of sp³-hybridized carbons (Fsp3) is 0.357. The van der Waals surface area contributed by atoms with Crippen molar-refractivity contribution in [2.24, 2.45) is 0 Å². The maximum Gasteiger partial charge on any atom is 0.294 e. The van der Waals surface area contributed by atoms with Gasteiger partial charge in [-0.3, -0.25) is 10.1 Å². The SMILES string of the molecule is COc1cc(N(C)CC2CCCN2C)c([N+](=O)[O-])cc1Nc1ncc(Cl)c(-c2cn3c4c(cccc24)OCC3)n1. The summed E-state index contributed by atoms with van der Waals surface area (Å²) in [5.41, 5.74) is 3.23. The van der Waals surface area contributed by atoms with Gasteiger partial charge in [0.15, 0.2) is 0 Å². The molecular weight excluding hydrogens is 534 g/mol. The Hall–Kier alpha value is -4.09. The number of nitro groups is 1. The van der Waals surface area contributed by atoms with Crippen LogP contribution in [-0.4, -0.2) is 71.3 Å². The molecule has 2 aromatic heterocycles. The summed E-state index contributed by atoms with van der Waals surface area (Å²) in [4.78, 5) is 25.1. The Balaban J connectivity index is 1.35. The van der Waals surface area contributed by atoms with Crippen molar-refractivity contribution >= 4 is 45.5 Å². The molecule has 4 heterocycles. The highest BCUT2D eigenvalue weighted by Crippen LogP contribution is 2.41. The lowest BCUT2D eigenvalue weighted by molar-refractivity contribution is -0.384. The third-order valence-electron chi connectivity index (χ3n) is 7.76. The molecule has 0 bridgehead atoms. The minimum Gasteiger partial charge on any atom is -0.494 e. The Morgan fingerprint density at radius 3 is 2.92 bits per heavy atom. The Morgan fingerprint density at radius 2 is 2.17 bits per heavy atom. The number of hydrogen-bond donors (Lipinski definition) is 1. The highest BCUT2D eigenvalue weighted by Gasteiger charge is 2.27. The number of halogens is 1. The minimum atomic E-state index is -0.376. The molecule has 1 atom stereocenters. The van der Waals surface area contributed by atoms with E-state index in [9.17, 15) is 10.1 Å². The maximum absolute atomic E-state index is 12.1. The smallest absolute Gasteiger partial charge is 0.294 e. The monoisotopic (exact) mass is 563 g/mol. The summed E-state index contributed by atoms with van der Waals surface area (Å²) < 4.78 is 13.6. The van der Waals surface area contributed by atoms with Crippen LogP contribution in [0.3, 0.4) is 0 Å². The summed E-state index contributed by atoms with van der Waals surface area (Å²) in [6.45, 7) is 3.02. The van der Waals surface area contributed by atoms with E-state index in [1.807, 2.05) is 36.3 Å². The highest BCUT2D eigenvalue weighted by atomic mass is 35.5. The molecule has 2 aliphatic rings. The van der Waals surface area contributed by atoms with Crippen molar-refractivity contribution in [3.8, 4) is 22.8 Å². The molecule has 11 nitrogen and oxygen atoms in total. The molecule has 2 aromatic carbocycles. The number of nitro benzene ring substituents is 1. The van der Waals surface area contributed by atoms with Crippen LogP contribution in [0.1, 0.15) is 12.8 Å². The lowest BCUT2D eigenvalue weighted by atomic mass is 10.1. The Kier molecular flexibility index (Phi) is 6.85. The molecule has 0 spiro atoms. The van der Waals surface area contributed by atoms with Crippen LogP contribution in [0.25, 0.3) is 22.2 Å². The third-order valence-corrected chi connectivity index (χ3v) is 8.03. The van der Waals surface area contributed by atoms with Gasteiger partial charge in [0.05, 0.1) is 46.7 Å². The van der Waals surface area contributed by atoms with Gasteiger partial charge in [-0.1, -0.05) is 23.7 Å². The summed E-state index contributed by atoms with van der Waals surface area (Å²) in [6.07, 6.45) is 5.74. The van der Waals surface area contributed by atoms with Gasteiger partial charge >= 0.3 is 0 Å². The molecule has 0 amide bonds. The standard InChI is InChI=1S/C28H30ClN7O4/c1-33-9-5-6-17(33)15-34(2)22-13-25(39-3)21(12-23(22)36(37)38)31-28-30-14-20(29)26(32-28)19-16-35-10-11-40-24-8-4-7-18(19)27(24)35/h4,7-8,12-14,16-17H,5-6,9-11,15H2,1-3H3,(H,30,31,32). The van der Waals surface area contributed by atoms with Gasteiger partial charge in [0.2, 0.25) is 5.95 Å². The first-order valence-corrected chi connectivity index (χ1v) is 13.5. The van der Waals surface area contributed by atoms with Crippen LogP contribution in [0.2, 0.25) is 5.02 Å². The Labute approximate surface area is 236 Å². The van der Waals surface area contributed by atoms with Gasteiger partial charge < -0.3 is 29.2 Å². The van der Waals surface area contributed by atoms with Crippen LogP contribution < -0.4 is 19.7 Å². The van der Waals surface area contributed by atoms with Crippen molar-refractivity contribution in [3.63, 3.8) is 0 Å². The van der Waals surface area contributed by atoms with Gasteiger partial charge in [0.25, 0.3) is 5.69 Å². The molecule has 40 heavy (non-hydrogen) atoms. The molecule has 0 aliphatic carbocycles. The second-order valence-corrected chi connectivity index (χ2v) is 10.6. The van der Waals surface area contributed by atoms with Gasteiger partial charge in [-0.25, -0.2) is 9.97 Å². The largest absolute Gasteiger partial charge is 0.494 e. The first-order chi connectivity index (χ1) is 19.3. The molecule has 0 saturated carbocycles. The molecule has 2 aliphatic heterocycles. The van der Waals surface area contributed by atoms with Crippen LogP contribution in [0.5, 0.6) is 11.5 Å². The van der Waals surface area contributed by atoms with Crippen molar-refractivity contribution in [1.29, 1.82) is 0 Å². The number of likely N-dealkylation sites (N-methyl/N-ethyl adjacent to an activating group) is 2. The quantitative estimate of drug-likeness (QED) is 0.224. The summed E-state index contributed by atoms with van der Waals surface area (Å²) in [5.74, 6) is 1.50. The molecule has 0 radical (unpaired) electrons. The predicted octanol–water partition coefficient (Wildman–Crippen LogP) is 5.33. The molecule has 1 N–H and O–H groups in total. The average Bonchev–Trinajstić information content (AvgIpc) is 3.53. The summed E-state index contributed by atoms with van der Waals surface area (Å²) in [5, 5.41) is 16.6. The van der Waals surface area contributed by atoms with E-state index in [1.54, 1.807) is 6.07 Å². The van der Waals surface area contributed by atoms with Crippen LogP contribution in [-0.2, 0) is 6.54 Å². The second kappa shape index (κ2) is 10.5. The van der Waals surface area contributed by atoms with Crippen LogP contribution in [0.15, 0.2) is 42.7 Å². The zero-order valence-corrected chi connectivity index (χ0v) is 23.3.